The van der Waals surface area contributed by atoms with E-state index in [0.717, 1.165) is 0 Å². The predicted octanol–water partition coefficient (Wildman–Crippen LogP) is 3.74. The Labute approximate surface area is 155 Å². The number of carbonyl (C=O) groups excluding carboxylic acids is 1. The van der Waals surface area contributed by atoms with Crippen molar-refractivity contribution in [2.45, 2.75) is 18.7 Å². The van der Waals surface area contributed by atoms with Gasteiger partial charge >= 0.3 is 5.97 Å². The highest BCUT2D eigenvalue weighted by atomic mass is 79.9. The lowest BCUT2D eigenvalue weighted by Crippen LogP contribution is -2.15. The molecule has 2 rings (SSSR count). The Morgan fingerprint density at radius 1 is 1.20 bits per heavy atom. The van der Waals surface area contributed by atoms with E-state index >= 15 is 0 Å². The molecule has 0 aliphatic rings. The van der Waals surface area contributed by atoms with Crippen molar-refractivity contribution < 1.29 is 22.7 Å². The fourth-order valence-electron chi connectivity index (χ4n) is 2.09. The molecule has 0 saturated carbocycles. The van der Waals surface area contributed by atoms with E-state index in [1.54, 1.807) is 32.0 Å². The predicted molar refractivity (Wildman–Crippen MR) is 98.6 cm³/mol. The molecule has 2 aromatic carbocycles. The number of benzene rings is 2. The van der Waals surface area contributed by atoms with Crippen molar-refractivity contribution in [2.75, 3.05) is 18.4 Å². The second-order valence-electron chi connectivity index (χ2n) is 5.15. The van der Waals surface area contributed by atoms with Crippen LogP contribution in [0.5, 0.6) is 5.75 Å². The molecule has 0 aliphatic heterocycles. The summed E-state index contributed by atoms with van der Waals surface area (Å²) in [6.45, 7) is 3.70. The summed E-state index contributed by atoms with van der Waals surface area (Å²) in [5.41, 5.74) is 1.28. The molecule has 1 N–H and O–H groups in total. The van der Waals surface area contributed by atoms with Crippen LogP contribution in [0, 0.1) is 6.92 Å². The Balaban J connectivity index is 2.35. The Bertz CT molecular complexity index is 896. The van der Waals surface area contributed by atoms with Gasteiger partial charge in [0, 0.05) is 0 Å². The van der Waals surface area contributed by atoms with E-state index in [-0.39, 0.29) is 17.1 Å². The molecule has 0 atom stereocenters. The van der Waals surface area contributed by atoms with Crippen molar-refractivity contribution in [3.63, 3.8) is 0 Å². The van der Waals surface area contributed by atoms with Crippen LogP contribution >= 0.6 is 15.9 Å². The summed E-state index contributed by atoms with van der Waals surface area (Å²) in [6, 6.07) is 9.16. The first kappa shape index (κ1) is 19.3. The average molecular weight is 428 g/mol. The minimum Gasteiger partial charge on any atom is -0.496 e. The minimum atomic E-state index is -3.83. The highest BCUT2D eigenvalue weighted by Crippen LogP contribution is 2.29. The highest BCUT2D eigenvalue weighted by molar-refractivity contribution is 9.10. The van der Waals surface area contributed by atoms with Gasteiger partial charge < -0.3 is 9.47 Å². The van der Waals surface area contributed by atoms with Gasteiger partial charge in [-0.1, -0.05) is 6.07 Å². The summed E-state index contributed by atoms with van der Waals surface area (Å²) in [5, 5.41) is 0. The molecular weight excluding hydrogens is 410 g/mol. The number of methoxy groups -OCH3 is 1. The number of rotatable bonds is 6. The molecule has 0 amide bonds. The number of hydrogen-bond acceptors (Lipinski definition) is 5. The van der Waals surface area contributed by atoms with Crippen molar-refractivity contribution in [1.82, 2.24) is 0 Å². The maximum Gasteiger partial charge on any atom is 0.338 e. The lowest BCUT2D eigenvalue weighted by atomic mass is 10.1. The highest BCUT2D eigenvalue weighted by Gasteiger charge is 2.18. The van der Waals surface area contributed by atoms with Gasteiger partial charge in [-0.05, 0) is 65.7 Å². The van der Waals surface area contributed by atoms with E-state index in [9.17, 15) is 13.2 Å². The Morgan fingerprint density at radius 3 is 2.52 bits per heavy atom. The maximum atomic E-state index is 12.6. The number of halogens is 1. The third-order valence-corrected chi connectivity index (χ3v) is 5.41. The molecule has 0 fully saturated rings. The summed E-state index contributed by atoms with van der Waals surface area (Å²) in [7, 11) is -2.33. The molecule has 6 nitrogen and oxygen atoms in total. The zero-order valence-electron chi connectivity index (χ0n) is 14.0. The number of aryl methyl sites for hydroxylation is 1. The van der Waals surface area contributed by atoms with E-state index in [1.165, 1.54) is 25.3 Å². The lowest BCUT2D eigenvalue weighted by Gasteiger charge is -2.13. The molecule has 8 heteroatoms. The lowest BCUT2D eigenvalue weighted by molar-refractivity contribution is 0.0526. The van der Waals surface area contributed by atoms with Crippen LogP contribution in [0.3, 0.4) is 0 Å². The fourth-order valence-corrected chi connectivity index (χ4v) is 3.93. The van der Waals surface area contributed by atoms with Gasteiger partial charge in [-0.15, -0.1) is 0 Å². The minimum absolute atomic E-state index is 0.0705. The number of ether oxygens (including phenoxy) is 2. The first-order valence-electron chi connectivity index (χ1n) is 7.42. The zero-order valence-corrected chi connectivity index (χ0v) is 16.4. The van der Waals surface area contributed by atoms with E-state index in [0.29, 0.717) is 21.5 Å². The quantitative estimate of drug-likeness (QED) is 0.709. The summed E-state index contributed by atoms with van der Waals surface area (Å²) in [4.78, 5) is 11.9. The molecule has 0 aliphatic carbocycles. The number of sulfonamides is 1. The van der Waals surface area contributed by atoms with Gasteiger partial charge in [0.2, 0.25) is 0 Å². The SMILES string of the molecule is CCOC(=O)c1ccc(C)c(NS(=O)(=O)c2ccc(OC)c(Br)c2)c1. The van der Waals surface area contributed by atoms with Crippen LogP contribution in [0.2, 0.25) is 0 Å². The van der Waals surface area contributed by atoms with E-state index < -0.39 is 16.0 Å². The number of hydrogen-bond donors (Lipinski definition) is 1. The summed E-state index contributed by atoms with van der Waals surface area (Å²) < 4.78 is 38.3. The molecular formula is C17H18BrNO5S. The van der Waals surface area contributed by atoms with Crippen LogP contribution in [0.4, 0.5) is 5.69 Å². The van der Waals surface area contributed by atoms with Crippen molar-refractivity contribution >= 4 is 37.6 Å². The van der Waals surface area contributed by atoms with E-state index in [4.69, 9.17) is 9.47 Å². The van der Waals surface area contributed by atoms with Gasteiger partial charge in [0.15, 0.2) is 0 Å². The first-order chi connectivity index (χ1) is 11.8. The fraction of sp³-hybridized carbons (Fsp3) is 0.235. The topological polar surface area (TPSA) is 81.7 Å². The van der Waals surface area contributed by atoms with Crippen molar-refractivity contribution in [1.29, 1.82) is 0 Å². The molecule has 0 unspecified atom stereocenters. The average Bonchev–Trinajstić information content (AvgIpc) is 2.56. The standard InChI is InChI=1S/C17H18BrNO5S/c1-4-24-17(20)12-6-5-11(2)15(9-12)19-25(21,22)13-7-8-16(23-3)14(18)10-13/h5-10,19H,4H2,1-3H3. The maximum absolute atomic E-state index is 12.6. The molecule has 134 valence electrons. The van der Waals surface area contributed by atoms with Crippen molar-refractivity contribution in [2.24, 2.45) is 0 Å². The molecule has 0 aromatic heterocycles. The summed E-state index contributed by atoms with van der Waals surface area (Å²) in [6.07, 6.45) is 0. The van der Waals surface area contributed by atoms with E-state index in [1.807, 2.05) is 0 Å². The van der Waals surface area contributed by atoms with Crippen LogP contribution in [0.1, 0.15) is 22.8 Å². The monoisotopic (exact) mass is 427 g/mol. The van der Waals surface area contributed by atoms with Gasteiger partial charge in [0.25, 0.3) is 10.0 Å². The normalized spacial score (nSPS) is 11.0. The van der Waals surface area contributed by atoms with Crippen molar-refractivity contribution in [3.05, 3.63) is 52.0 Å². The zero-order chi connectivity index (χ0) is 18.6. The number of nitrogens with one attached hydrogen (secondary N) is 1. The second-order valence-corrected chi connectivity index (χ2v) is 7.69. The largest absolute Gasteiger partial charge is 0.496 e. The molecule has 0 spiro atoms. The summed E-state index contributed by atoms with van der Waals surface area (Å²) >= 11 is 3.27. The molecule has 0 radical (unpaired) electrons. The Kier molecular flexibility index (Phi) is 6.07. The van der Waals surface area contributed by atoms with Gasteiger partial charge in [-0.3, -0.25) is 4.72 Å². The van der Waals surface area contributed by atoms with Crippen LogP contribution in [0.25, 0.3) is 0 Å². The van der Waals surface area contributed by atoms with Gasteiger partial charge in [0.05, 0.1) is 34.3 Å². The van der Waals surface area contributed by atoms with E-state index in [2.05, 4.69) is 20.7 Å². The molecule has 0 heterocycles. The van der Waals surface area contributed by atoms with Crippen LogP contribution < -0.4 is 9.46 Å². The van der Waals surface area contributed by atoms with Crippen LogP contribution in [-0.4, -0.2) is 28.1 Å². The van der Waals surface area contributed by atoms with Gasteiger partial charge in [0.1, 0.15) is 5.75 Å². The Hall–Kier alpha value is -2.06. The van der Waals surface area contributed by atoms with Crippen LogP contribution in [-0.2, 0) is 14.8 Å². The number of anilines is 1. The first-order valence-corrected chi connectivity index (χ1v) is 9.70. The van der Waals surface area contributed by atoms with Gasteiger partial charge in [-0.2, -0.15) is 0 Å². The molecule has 0 saturated heterocycles. The third kappa shape index (κ3) is 4.52. The second kappa shape index (κ2) is 7.88. The van der Waals surface area contributed by atoms with Gasteiger partial charge in [-0.25, -0.2) is 13.2 Å². The number of esters is 1. The molecule has 0 bridgehead atoms. The molecule has 2 aromatic rings. The Morgan fingerprint density at radius 2 is 1.92 bits per heavy atom. The smallest absolute Gasteiger partial charge is 0.338 e. The summed E-state index contributed by atoms with van der Waals surface area (Å²) in [5.74, 6) is 0.0228. The van der Waals surface area contributed by atoms with Crippen molar-refractivity contribution in [3.8, 4) is 5.75 Å². The molecule has 25 heavy (non-hydrogen) atoms. The number of carbonyl (C=O) groups is 1. The third-order valence-electron chi connectivity index (χ3n) is 3.43. The van der Waals surface area contributed by atoms with Crippen LogP contribution in [0.15, 0.2) is 45.8 Å².